The Morgan fingerprint density at radius 3 is 2.35 bits per heavy atom. The van der Waals surface area contributed by atoms with Crippen molar-refractivity contribution in [2.24, 2.45) is 0 Å². The summed E-state index contributed by atoms with van der Waals surface area (Å²) < 4.78 is 28.1. The maximum atomic E-state index is 13.6. The third-order valence-electron chi connectivity index (χ3n) is 7.84. The fourth-order valence-electron chi connectivity index (χ4n) is 5.13. The van der Waals surface area contributed by atoms with Gasteiger partial charge in [-0.05, 0) is 66.3 Å². The highest BCUT2D eigenvalue weighted by Crippen LogP contribution is 2.48. The van der Waals surface area contributed by atoms with E-state index in [0.29, 0.717) is 36.4 Å². The number of aliphatic hydroxyl groups is 1. The van der Waals surface area contributed by atoms with Crippen molar-refractivity contribution in [2.75, 3.05) is 27.8 Å². The molecule has 0 radical (unpaired) electrons. The highest BCUT2D eigenvalue weighted by Gasteiger charge is 2.26. The predicted molar refractivity (Wildman–Crippen MR) is 191 cm³/mol. The van der Waals surface area contributed by atoms with Gasteiger partial charge in [-0.2, -0.15) is 0 Å². The average Bonchev–Trinajstić information content (AvgIpc) is 3.51. The van der Waals surface area contributed by atoms with Gasteiger partial charge in [-0.15, -0.1) is 11.3 Å². The van der Waals surface area contributed by atoms with Crippen molar-refractivity contribution in [1.29, 1.82) is 0 Å². The molecule has 0 aliphatic carbocycles. The van der Waals surface area contributed by atoms with Crippen LogP contribution in [0.2, 0.25) is 0 Å². The summed E-state index contributed by atoms with van der Waals surface area (Å²) in [6.45, 7) is 6.87. The summed E-state index contributed by atoms with van der Waals surface area (Å²) in [6.07, 6.45) is -0.582. The summed E-state index contributed by atoms with van der Waals surface area (Å²) in [4.78, 5) is 32.8. The zero-order valence-electron chi connectivity index (χ0n) is 28.7. The number of hydrogen-bond donors (Lipinski definition) is 3. The van der Waals surface area contributed by atoms with Gasteiger partial charge < -0.3 is 25.2 Å². The second-order valence-corrected chi connectivity index (χ2v) is 14.8. The van der Waals surface area contributed by atoms with Crippen LogP contribution in [0.15, 0.2) is 78.2 Å². The van der Waals surface area contributed by atoms with Crippen molar-refractivity contribution in [3.63, 3.8) is 0 Å². The molecule has 0 saturated carbocycles. The molecule has 1 heterocycles. The molecule has 4 rings (SSSR count). The standard InChI is InChI=1S/C36H45N4O7PS/c1-24(2)30-15-27(16-31(19-30)47-48(44,45-5)46-6)20-37-21-33(41)32(17-26-11-8-7-9-12-26)39-35(42)28-13-10-14-29(18-28)36(43)40(4)22-34-38-25(3)23-49-34/h7-16,18-19,23-24,32-33,37,41H,17,20-22H2,1-6H3,(H,39,42). The molecule has 262 valence electrons. The van der Waals surface area contributed by atoms with Crippen LogP contribution in [0.25, 0.3) is 0 Å². The maximum absolute atomic E-state index is 13.6. The average molecular weight is 709 g/mol. The van der Waals surface area contributed by atoms with E-state index in [1.807, 2.05) is 62.5 Å². The number of benzene rings is 3. The zero-order valence-corrected chi connectivity index (χ0v) is 30.4. The minimum absolute atomic E-state index is 0.161. The first-order chi connectivity index (χ1) is 23.4. The van der Waals surface area contributed by atoms with Crippen LogP contribution in [0.1, 0.15) is 67.9 Å². The number of carbonyl (C=O) groups excluding carboxylic acids is 2. The van der Waals surface area contributed by atoms with E-state index in [2.05, 4.69) is 15.6 Å². The van der Waals surface area contributed by atoms with E-state index in [4.69, 9.17) is 13.6 Å². The van der Waals surface area contributed by atoms with Gasteiger partial charge in [0.25, 0.3) is 11.8 Å². The lowest BCUT2D eigenvalue weighted by molar-refractivity contribution is 0.0784. The van der Waals surface area contributed by atoms with E-state index >= 15 is 0 Å². The molecular weight excluding hydrogens is 663 g/mol. The monoisotopic (exact) mass is 708 g/mol. The first-order valence-electron chi connectivity index (χ1n) is 15.9. The molecule has 2 amide bonds. The van der Waals surface area contributed by atoms with Gasteiger partial charge >= 0.3 is 7.82 Å². The van der Waals surface area contributed by atoms with Crippen molar-refractivity contribution in [1.82, 2.24) is 20.5 Å². The number of thiazole rings is 1. The van der Waals surface area contributed by atoms with E-state index in [1.165, 1.54) is 25.6 Å². The molecule has 1 aromatic heterocycles. The van der Waals surface area contributed by atoms with E-state index in [-0.39, 0.29) is 18.4 Å². The van der Waals surface area contributed by atoms with Gasteiger partial charge in [0.15, 0.2) is 0 Å². The predicted octanol–water partition coefficient (Wildman–Crippen LogP) is 6.12. The van der Waals surface area contributed by atoms with Gasteiger partial charge in [-0.25, -0.2) is 9.55 Å². The summed E-state index contributed by atoms with van der Waals surface area (Å²) in [5, 5.41) is 20.4. The van der Waals surface area contributed by atoms with Gasteiger partial charge in [0, 0.05) is 56.6 Å². The highest BCUT2D eigenvalue weighted by molar-refractivity contribution is 7.48. The molecule has 2 atom stereocenters. The van der Waals surface area contributed by atoms with Crippen LogP contribution in [0.3, 0.4) is 0 Å². The SMILES string of the molecule is COP(=O)(OC)Oc1cc(CNCC(O)C(Cc2ccccc2)NC(=O)c2cccc(C(=O)N(C)Cc3nc(C)cs3)c2)cc(C(C)C)c1. The topological polar surface area (TPSA) is 139 Å². The molecule has 0 fully saturated rings. The van der Waals surface area contributed by atoms with Crippen LogP contribution < -0.4 is 15.2 Å². The summed E-state index contributed by atoms with van der Waals surface area (Å²) >= 11 is 1.50. The summed E-state index contributed by atoms with van der Waals surface area (Å²) in [6, 6.07) is 21.1. The van der Waals surface area contributed by atoms with E-state index in [9.17, 15) is 19.3 Å². The smallest absolute Gasteiger partial charge is 0.404 e. The van der Waals surface area contributed by atoms with Crippen LogP contribution in [-0.4, -0.2) is 66.8 Å². The Morgan fingerprint density at radius 1 is 0.980 bits per heavy atom. The third kappa shape index (κ3) is 11.1. The van der Waals surface area contributed by atoms with Gasteiger partial charge in [-0.3, -0.25) is 18.6 Å². The number of aryl methyl sites for hydroxylation is 1. The number of phosphoric ester groups is 1. The molecule has 0 bridgehead atoms. The zero-order chi connectivity index (χ0) is 35.6. The minimum Gasteiger partial charge on any atom is -0.404 e. The number of aromatic nitrogens is 1. The lowest BCUT2D eigenvalue weighted by Crippen LogP contribution is -2.48. The Hall–Kier alpha value is -3.90. The number of nitrogens with one attached hydrogen (secondary N) is 2. The van der Waals surface area contributed by atoms with Crippen LogP contribution in [0.4, 0.5) is 0 Å². The molecule has 0 saturated heterocycles. The van der Waals surface area contributed by atoms with Gasteiger partial charge in [-0.1, -0.05) is 56.3 Å². The molecule has 0 aliphatic heterocycles. The Morgan fingerprint density at radius 2 is 1.69 bits per heavy atom. The third-order valence-corrected chi connectivity index (χ3v) is 10.1. The van der Waals surface area contributed by atoms with E-state index < -0.39 is 25.9 Å². The molecule has 0 aliphatic rings. The number of aliphatic hydroxyl groups excluding tert-OH is 1. The minimum atomic E-state index is -3.75. The second-order valence-electron chi connectivity index (χ2n) is 12.1. The van der Waals surface area contributed by atoms with Crippen LogP contribution in [0.5, 0.6) is 5.75 Å². The van der Waals surface area contributed by atoms with Crippen molar-refractivity contribution >= 4 is 31.0 Å². The van der Waals surface area contributed by atoms with E-state index in [1.54, 1.807) is 48.3 Å². The van der Waals surface area contributed by atoms with E-state index in [0.717, 1.165) is 27.4 Å². The lowest BCUT2D eigenvalue weighted by Gasteiger charge is -2.25. The Kier molecular flexibility index (Phi) is 13.7. The number of hydrogen-bond acceptors (Lipinski definition) is 10. The summed E-state index contributed by atoms with van der Waals surface area (Å²) in [5.41, 5.74) is 4.35. The van der Waals surface area contributed by atoms with Crippen LogP contribution >= 0.6 is 19.2 Å². The number of amides is 2. The Bertz CT molecular complexity index is 1740. The Balaban J connectivity index is 1.45. The van der Waals surface area contributed by atoms with Crippen LogP contribution in [-0.2, 0) is 33.1 Å². The highest BCUT2D eigenvalue weighted by atomic mass is 32.1. The fraction of sp³-hybridized carbons (Fsp3) is 0.361. The number of rotatable bonds is 17. The molecule has 13 heteroatoms. The van der Waals surface area contributed by atoms with Gasteiger partial charge in [0.2, 0.25) is 0 Å². The molecule has 11 nitrogen and oxygen atoms in total. The number of nitrogens with zero attached hydrogens (tertiary/aromatic N) is 2. The van der Waals surface area contributed by atoms with Crippen molar-refractivity contribution in [3.05, 3.63) is 117 Å². The van der Waals surface area contributed by atoms with Crippen LogP contribution in [0, 0.1) is 6.92 Å². The second kappa shape index (κ2) is 17.7. The molecular formula is C36H45N4O7PS. The molecule has 0 spiro atoms. The van der Waals surface area contributed by atoms with Gasteiger partial charge in [0.1, 0.15) is 10.8 Å². The maximum Gasteiger partial charge on any atom is 0.529 e. The molecule has 2 unspecified atom stereocenters. The number of phosphoric acid groups is 1. The molecule has 3 N–H and O–H groups in total. The largest absolute Gasteiger partial charge is 0.529 e. The first-order valence-corrected chi connectivity index (χ1v) is 18.3. The quantitative estimate of drug-likeness (QED) is 0.111. The van der Waals surface area contributed by atoms with Crippen molar-refractivity contribution < 1.29 is 32.8 Å². The first kappa shape index (κ1) is 37.9. The Labute approximate surface area is 292 Å². The number of carbonyl (C=O) groups is 2. The normalized spacial score (nSPS) is 12.8. The summed E-state index contributed by atoms with van der Waals surface area (Å²) in [5.74, 6) is -0.121. The van der Waals surface area contributed by atoms with Gasteiger partial charge in [0.05, 0.1) is 18.7 Å². The molecule has 3 aromatic carbocycles. The molecule has 49 heavy (non-hydrogen) atoms. The lowest BCUT2D eigenvalue weighted by atomic mass is 9.99. The molecule has 4 aromatic rings. The van der Waals surface area contributed by atoms with Crippen molar-refractivity contribution in [2.45, 2.75) is 58.3 Å². The fourth-order valence-corrected chi connectivity index (χ4v) is 6.61. The summed E-state index contributed by atoms with van der Waals surface area (Å²) in [7, 11) is 0.464. The van der Waals surface area contributed by atoms with Crippen molar-refractivity contribution in [3.8, 4) is 5.75 Å².